The van der Waals surface area contributed by atoms with Crippen LogP contribution in [0, 0.1) is 0 Å². The Labute approximate surface area is 152 Å². The molecule has 0 spiro atoms. The van der Waals surface area contributed by atoms with Gasteiger partial charge in [-0.3, -0.25) is 4.79 Å². The van der Waals surface area contributed by atoms with E-state index in [2.05, 4.69) is 5.32 Å². The fourth-order valence-electron chi connectivity index (χ4n) is 3.83. The maximum atomic E-state index is 13.2. The van der Waals surface area contributed by atoms with Crippen LogP contribution in [-0.4, -0.2) is 32.4 Å². The van der Waals surface area contributed by atoms with E-state index in [0.29, 0.717) is 23.5 Å². The third kappa shape index (κ3) is 2.54. The van der Waals surface area contributed by atoms with Gasteiger partial charge in [0.05, 0.1) is 12.0 Å². The number of carbonyl (C=O) groups excluding carboxylic acids is 1. The van der Waals surface area contributed by atoms with Gasteiger partial charge in [-0.05, 0) is 37.3 Å². The zero-order chi connectivity index (χ0) is 18.5. The van der Waals surface area contributed by atoms with E-state index in [1.54, 1.807) is 50.4 Å². The third-order valence-corrected chi connectivity index (χ3v) is 7.12. The second-order valence-corrected chi connectivity index (χ2v) is 8.88. The first-order valence-electron chi connectivity index (χ1n) is 8.32. The Kier molecular flexibility index (Phi) is 3.73. The number of rotatable bonds is 3. The molecule has 6 nitrogen and oxygen atoms in total. The number of sulfone groups is 1. The van der Waals surface area contributed by atoms with Crippen LogP contribution in [0.4, 0.5) is 0 Å². The lowest BCUT2D eigenvalue weighted by Crippen LogP contribution is -2.63. The van der Waals surface area contributed by atoms with Crippen molar-refractivity contribution in [1.82, 2.24) is 5.32 Å². The molecule has 0 aromatic heterocycles. The first-order valence-corrected chi connectivity index (χ1v) is 9.87. The summed E-state index contributed by atoms with van der Waals surface area (Å²) in [5, 5.41) is 1.53. The van der Waals surface area contributed by atoms with E-state index in [-0.39, 0.29) is 4.90 Å². The number of piperidine rings is 1. The standard InChI is InChI=1S/C19H19NO5S/c1-19-11-15(14-10-12(24-2)8-9-16(14)25-19)17(18(21)20-19)26(22,23)13-6-4-3-5-7-13/h3-10,15,17H,11H2,1-2H3,(H,20,21)/t15-,17+,19+/m1/s1. The summed E-state index contributed by atoms with van der Waals surface area (Å²) in [6.07, 6.45) is 0.371. The van der Waals surface area contributed by atoms with E-state index in [1.165, 1.54) is 12.1 Å². The van der Waals surface area contributed by atoms with Gasteiger partial charge in [-0.1, -0.05) is 18.2 Å². The lowest BCUT2D eigenvalue weighted by atomic mass is 9.81. The fourth-order valence-corrected chi connectivity index (χ4v) is 5.67. The molecule has 0 aliphatic carbocycles. The normalized spacial score (nSPS) is 27.1. The summed E-state index contributed by atoms with van der Waals surface area (Å²) >= 11 is 0. The topological polar surface area (TPSA) is 81.7 Å². The number of amides is 1. The van der Waals surface area contributed by atoms with Crippen LogP contribution >= 0.6 is 0 Å². The average molecular weight is 373 g/mol. The summed E-state index contributed by atoms with van der Waals surface area (Å²) in [5.41, 5.74) is -0.243. The number of hydrogen-bond acceptors (Lipinski definition) is 5. The van der Waals surface area contributed by atoms with Crippen molar-refractivity contribution in [2.75, 3.05) is 7.11 Å². The van der Waals surface area contributed by atoms with Crippen LogP contribution < -0.4 is 14.8 Å². The third-order valence-electron chi connectivity index (χ3n) is 4.98. The molecular formula is C19H19NO5S. The van der Waals surface area contributed by atoms with Gasteiger partial charge < -0.3 is 14.8 Å². The molecule has 0 radical (unpaired) electrons. The highest BCUT2D eigenvalue weighted by atomic mass is 32.2. The summed E-state index contributed by atoms with van der Waals surface area (Å²) < 4.78 is 37.7. The SMILES string of the molecule is COc1ccc2c(c1)[C@H]1C[C@@](C)(NC(=O)[C@H]1S(=O)(=O)c1ccccc1)O2. The Morgan fingerprint density at radius 2 is 1.92 bits per heavy atom. The smallest absolute Gasteiger partial charge is 0.242 e. The number of nitrogens with one attached hydrogen (secondary N) is 1. The van der Waals surface area contributed by atoms with Crippen LogP contribution in [0.1, 0.15) is 24.8 Å². The van der Waals surface area contributed by atoms with Gasteiger partial charge in [0.25, 0.3) is 0 Å². The van der Waals surface area contributed by atoms with E-state index >= 15 is 0 Å². The molecule has 1 amide bonds. The zero-order valence-corrected chi connectivity index (χ0v) is 15.2. The minimum atomic E-state index is -3.86. The molecule has 0 saturated carbocycles. The van der Waals surface area contributed by atoms with Gasteiger partial charge in [-0.15, -0.1) is 0 Å². The number of benzene rings is 2. The van der Waals surface area contributed by atoms with Gasteiger partial charge in [-0.2, -0.15) is 0 Å². The number of hydrogen-bond donors (Lipinski definition) is 1. The van der Waals surface area contributed by atoms with Gasteiger partial charge in [0.15, 0.2) is 20.8 Å². The molecule has 3 atom stereocenters. The van der Waals surface area contributed by atoms with Crippen LogP contribution in [0.3, 0.4) is 0 Å². The molecule has 136 valence electrons. The fraction of sp³-hybridized carbons (Fsp3) is 0.316. The Balaban J connectivity index is 1.87. The van der Waals surface area contributed by atoms with Crippen molar-refractivity contribution in [2.24, 2.45) is 0 Å². The largest absolute Gasteiger partial charge is 0.497 e. The first-order chi connectivity index (χ1) is 12.3. The molecule has 2 bridgehead atoms. The Bertz CT molecular complexity index is 973. The average Bonchev–Trinajstić information content (AvgIpc) is 2.61. The summed E-state index contributed by atoms with van der Waals surface area (Å²) in [4.78, 5) is 12.9. The molecule has 1 N–H and O–H groups in total. The quantitative estimate of drug-likeness (QED) is 0.892. The van der Waals surface area contributed by atoms with Crippen molar-refractivity contribution in [2.45, 2.75) is 35.1 Å². The summed E-state index contributed by atoms with van der Waals surface area (Å²) in [7, 11) is -2.32. The van der Waals surface area contributed by atoms with Crippen LogP contribution in [0.15, 0.2) is 53.4 Å². The lowest BCUT2D eigenvalue weighted by molar-refractivity contribution is -0.132. The first kappa shape index (κ1) is 16.9. The van der Waals surface area contributed by atoms with Crippen molar-refractivity contribution in [1.29, 1.82) is 0 Å². The summed E-state index contributed by atoms with van der Waals surface area (Å²) in [6.45, 7) is 1.76. The van der Waals surface area contributed by atoms with Crippen molar-refractivity contribution in [3.63, 3.8) is 0 Å². The van der Waals surface area contributed by atoms with E-state index in [4.69, 9.17) is 9.47 Å². The minimum absolute atomic E-state index is 0.139. The number of methoxy groups -OCH3 is 1. The zero-order valence-electron chi connectivity index (χ0n) is 14.4. The highest BCUT2D eigenvalue weighted by molar-refractivity contribution is 7.92. The number of ether oxygens (including phenoxy) is 2. The van der Waals surface area contributed by atoms with Crippen LogP contribution in [0.2, 0.25) is 0 Å². The van der Waals surface area contributed by atoms with Crippen LogP contribution in [-0.2, 0) is 14.6 Å². The maximum Gasteiger partial charge on any atom is 0.242 e. The molecule has 2 aromatic carbocycles. The molecule has 1 fully saturated rings. The van der Waals surface area contributed by atoms with Gasteiger partial charge in [0.2, 0.25) is 5.91 Å². The molecule has 2 aromatic rings. The van der Waals surface area contributed by atoms with E-state index in [9.17, 15) is 13.2 Å². The minimum Gasteiger partial charge on any atom is -0.497 e. The molecule has 2 aliphatic rings. The molecule has 0 unspecified atom stereocenters. The molecule has 1 saturated heterocycles. The molecule has 26 heavy (non-hydrogen) atoms. The second kappa shape index (κ2) is 5.74. The van der Waals surface area contributed by atoms with E-state index in [0.717, 1.165) is 0 Å². The summed E-state index contributed by atoms with van der Waals surface area (Å²) in [5.74, 6) is 0.106. The predicted molar refractivity (Wildman–Crippen MR) is 94.9 cm³/mol. The van der Waals surface area contributed by atoms with E-state index in [1.807, 2.05) is 0 Å². The Morgan fingerprint density at radius 3 is 2.62 bits per heavy atom. The van der Waals surface area contributed by atoms with E-state index < -0.39 is 32.6 Å². The monoisotopic (exact) mass is 373 g/mol. The molecule has 7 heteroatoms. The van der Waals surface area contributed by atoms with Gasteiger partial charge >= 0.3 is 0 Å². The summed E-state index contributed by atoms with van der Waals surface area (Å²) in [6, 6.07) is 13.3. The lowest BCUT2D eigenvalue weighted by Gasteiger charge is -2.46. The van der Waals surface area contributed by atoms with Gasteiger partial charge in [-0.25, -0.2) is 8.42 Å². The maximum absolute atomic E-state index is 13.2. The van der Waals surface area contributed by atoms with Crippen molar-refractivity contribution in [3.05, 3.63) is 54.1 Å². The molecule has 2 aliphatic heterocycles. The second-order valence-electron chi connectivity index (χ2n) is 6.82. The Morgan fingerprint density at radius 1 is 1.19 bits per heavy atom. The molecule has 4 rings (SSSR count). The van der Waals surface area contributed by atoms with Crippen LogP contribution in [0.25, 0.3) is 0 Å². The van der Waals surface area contributed by atoms with Crippen molar-refractivity contribution >= 4 is 15.7 Å². The van der Waals surface area contributed by atoms with Gasteiger partial charge in [0, 0.05) is 17.9 Å². The molecule has 2 heterocycles. The highest BCUT2D eigenvalue weighted by Crippen LogP contribution is 2.48. The van der Waals surface area contributed by atoms with Crippen molar-refractivity contribution < 1.29 is 22.7 Å². The highest BCUT2D eigenvalue weighted by Gasteiger charge is 2.54. The number of carbonyl (C=O) groups is 1. The Hall–Kier alpha value is -2.54. The number of fused-ring (bicyclic) bond motifs is 4. The van der Waals surface area contributed by atoms with Gasteiger partial charge in [0.1, 0.15) is 11.5 Å². The predicted octanol–water partition coefficient (Wildman–Crippen LogP) is 2.25. The molecular weight excluding hydrogens is 354 g/mol. The van der Waals surface area contributed by atoms with Crippen molar-refractivity contribution in [3.8, 4) is 11.5 Å². The van der Waals surface area contributed by atoms with Crippen LogP contribution in [0.5, 0.6) is 11.5 Å².